The average molecular weight is 287 g/mol. The smallest absolute Gasteiger partial charge is 0.161 e. The highest BCUT2D eigenvalue weighted by atomic mass is 19.1. The quantitative estimate of drug-likeness (QED) is 0.936. The van der Waals surface area contributed by atoms with E-state index in [4.69, 9.17) is 9.47 Å². The number of halogens is 1. The van der Waals surface area contributed by atoms with Crippen molar-refractivity contribution in [3.05, 3.63) is 47.8 Å². The highest BCUT2D eigenvalue weighted by Gasteiger charge is 2.15. The topological polar surface area (TPSA) is 30.5 Å². The van der Waals surface area contributed by atoms with E-state index in [2.05, 4.69) is 5.32 Å². The van der Waals surface area contributed by atoms with Gasteiger partial charge in [-0.25, -0.2) is 4.39 Å². The van der Waals surface area contributed by atoms with E-state index in [0.29, 0.717) is 30.3 Å². The number of hydrogen-bond donors (Lipinski definition) is 1. The van der Waals surface area contributed by atoms with E-state index in [1.165, 1.54) is 6.07 Å². The summed E-state index contributed by atoms with van der Waals surface area (Å²) in [5.41, 5.74) is 2.41. The second-order valence-electron chi connectivity index (χ2n) is 5.11. The summed E-state index contributed by atoms with van der Waals surface area (Å²) in [6.07, 6.45) is 0. The van der Waals surface area contributed by atoms with Crippen LogP contribution in [0.4, 0.5) is 4.39 Å². The summed E-state index contributed by atoms with van der Waals surface area (Å²) in [4.78, 5) is 0. The van der Waals surface area contributed by atoms with Crippen LogP contribution in [0.25, 0.3) is 11.1 Å². The first-order chi connectivity index (χ1) is 10.2. The molecule has 0 amide bonds. The third-order valence-corrected chi connectivity index (χ3v) is 3.78. The van der Waals surface area contributed by atoms with Crippen LogP contribution in [0.1, 0.15) is 18.5 Å². The van der Waals surface area contributed by atoms with Crippen molar-refractivity contribution >= 4 is 0 Å². The van der Waals surface area contributed by atoms with Crippen molar-refractivity contribution in [3.8, 4) is 22.6 Å². The first-order valence-electron chi connectivity index (χ1n) is 7.06. The Balaban J connectivity index is 2.03. The van der Waals surface area contributed by atoms with Crippen LogP contribution in [0.2, 0.25) is 0 Å². The van der Waals surface area contributed by atoms with Crippen LogP contribution in [0.5, 0.6) is 11.5 Å². The van der Waals surface area contributed by atoms with Crippen LogP contribution < -0.4 is 14.8 Å². The fraction of sp³-hybridized carbons (Fsp3) is 0.294. The van der Waals surface area contributed by atoms with E-state index in [1.54, 1.807) is 6.07 Å². The minimum atomic E-state index is -0.237. The van der Waals surface area contributed by atoms with E-state index in [-0.39, 0.29) is 11.9 Å². The summed E-state index contributed by atoms with van der Waals surface area (Å²) in [5, 5.41) is 3.16. The van der Waals surface area contributed by atoms with Gasteiger partial charge in [-0.05, 0) is 49.4 Å². The predicted molar refractivity (Wildman–Crippen MR) is 80.3 cm³/mol. The largest absolute Gasteiger partial charge is 0.486 e. The molecule has 0 spiro atoms. The molecule has 0 fully saturated rings. The number of benzene rings is 2. The fourth-order valence-corrected chi connectivity index (χ4v) is 2.41. The first kappa shape index (κ1) is 13.9. The Hall–Kier alpha value is -2.07. The zero-order chi connectivity index (χ0) is 14.8. The molecule has 1 heterocycles. The third-order valence-electron chi connectivity index (χ3n) is 3.78. The van der Waals surface area contributed by atoms with Crippen LogP contribution >= 0.6 is 0 Å². The molecule has 1 N–H and O–H groups in total. The van der Waals surface area contributed by atoms with Crippen molar-refractivity contribution in [2.75, 3.05) is 20.3 Å². The van der Waals surface area contributed by atoms with Gasteiger partial charge < -0.3 is 14.8 Å². The van der Waals surface area contributed by atoms with E-state index in [1.807, 2.05) is 38.2 Å². The molecule has 0 saturated heterocycles. The van der Waals surface area contributed by atoms with Crippen LogP contribution in [0.15, 0.2) is 36.4 Å². The average Bonchev–Trinajstić information content (AvgIpc) is 2.54. The minimum Gasteiger partial charge on any atom is -0.486 e. The number of rotatable bonds is 3. The molecule has 4 heteroatoms. The lowest BCUT2D eigenvalue weighted by Gasteiger charge is -2.19. The van der Waals surface area contributed by atoms with Crippen molar-refractivity contribution in [3.63, 3.8) is 0 Å². The predicted octanol–water partition coefficient (Wildman–Crippen LogP) is 3.54. The lowest BCUT2D eigenvalue weighted by molar-refractivity contribution is 0.171. The molecule has 0 saturated carbocycles. The van der Waals surface area contributed by atoms with Crippen LogP contribution in [0.3, 0.4) is 0 Å². The molecule has 0 aromatic heterocycles. The molecule has 0 aliphatic carbocycles. The highest BCUT2D eigenvalue weighted by molar-refractivity contribution is 5.68. The second kappa shape index (κ2) is 5.74. The first-order valence-corrected chi connectivity index (χ1v) is 7.06. The molecular formula is C17H18FNO2. The number of nitrogens with one attached hydrogen (secondary N) is 1. The molecule has 1 aliphatic rings. The molecule has 1 unspecified atom stereocenters. The Labute approximate surface area is 123 Å². The van der Waals surface area contributed by atoms with Crippen molar-refractivity contribution in [1.82, 2.24) is 5.32 Å². The van der Waals surface area contributed by atoms with Gasteiger partial charge in [0, 0.05) is 11.6 Å². The maximum atomic E-state index is 14.2. The van der Waals surface area contributed by atoms with Crippen LogP contribution in [-0.4, -0.2) is 20.3 Å². The van der Waals surface area contributed by atoms with Gasteiger partial charge in [0.05, 0.1) is 0 Å². The van der Waals surface area contributed by atoms with Gasteiger partial charge in [0.25, 0.3) is 0 Å². The summed E-state index contributed by atoms with van der Waals surface area (Å²) in [6, 6.07) is 10.9. The van der Waals surface area contributed by atoms with Gasteiger partial charge in [0.2, 0.25) is 0 Å². The molecule has 2 aromatic rings. The molecule has 0 bridgehead atoms. The van der Waals surface area contributed by atoms with Crippen molar-refractivity contribution in [2.24, 2.45) is 0 Å². The van der Waals surface area contributed by atoms with Crippen LogP contribution in [-0.2, 0) is 0 Å². The summed E-state index contributed by atoms with van der Waals surface area (Å²) in [5.74, 6) is 1.15. The molecule has 2 aromatic carbocycles. The lowest BCUT2D eigenvalue weighted by Crippen LogP contribution is -2.15. The van der Waals surface area contributed by atoms with Gasteiger partial charge in [0.15, 0.2) is 11.5 Å². The standard InChI is InChI=1S/C17H18FNO2/c1-11(19-2)12-3-5-15(18)14(9-12)13-4-6-16-17(10-13)21-8-7-20-16/h3-6,9-11,19H,7-8H2,1-2H3. The Morgan fingerprint density at radius 2 is 1.81 bits per heavy atom. The Morgan fingerprint density at radius 3 is 2.57 bits per heavy atom. The van der Waals surface area contributed by atoms with Crippen LogP contribution in [0, 0.1) is 5.82 Å². The number of hydrogen-bond acceptors (Lipinski definition) is 3. The number of fused-ring (bicyclic) bond motifs is 1. The highest BCUT2D eigenvalue weighted by Crippen LogP contribution is 2.36. The minimum absolute atomic E-state index is 0.168. The van der Waals surface area contributed by atoms with E-state index >= 15 is 0 Å². The Kier molecular flexibility index (Phi) is 3.80. The molecule has 0 radical (unpaired) electrons. The molecule has 1 aliphatic heterocycles. The van der Waals surface area contributed by atoms with Gasteiger partial charge in [-0.2, -0.15) is 0 Å². The summed E-state index contributed by atoms with van der Waals surface area (Å²) in [6.45, 7) is 3.12. The molecular weight excluding hydrogens is 269 g/mol. The zero-order valence-corrected chi connectivity index (χ0v) is 12.2. The van der Waals surface area contributed by atoms with E-state index < -0.39 is 0 Å². The van der Waals surface area contributed by atoms with Gasteiger partial charge in [-0.1, -0.05) is 12.1 Å². The maximum absolute atomic E-state index is 14.2. The van der Waals surface area contributed by atoms with Gasteiger partial charge in [-0.15, -0.1) is 0 Å². The van der Waals surface area contributed by atoms with Crippen molar-refractivity contribution in [1.29, 1.82) is 0 Å². The van der Waals surface area contributed by atoms with Gasteiger partial charge in [-0.3, -0.25) is 0 Å². The zero-order valence-electron chi connectivity index (χ0n) is 12.2. The maximum Gasteiger partial charge on any atom is 0.161 e. The SMILES string of the molecule is CNC(C)c1ccc(F)c(-c2ccc3c(c2)OCCO3)c1. The molecule has 3 nitrogen and oxygen atoms in total. The molecule has 1 atom stereocenters. The normalized spacial score (nSPS) is 14.8. The molecule has 21 heavy (non-hydrogen) atoms. The van der Waals surface area contributed by atoms with E-state index in [9.17, 15) is 4.39 Å². The lowest BCUT2D eigenvalue weighted by atomic mass is 9.99. The van der Waals surface area contributed by atoms with Gasteiger partial charge >= 0.3 is 0 Å². The molecule has 110 valence electrons. The summed E-state index contributed by atoms with van der Waals surface area (Å²) in [7, 11) is 1.89. The summed E-state index contributed by atoms with van der Waals surface area (Å²) >= 11 is 0. The fourth-order valence-electron chi connectivity index (χ4n) is 2.41. The monoisotopic (exact) mass is 287 g/mol. The van der Waals surface area contributed by atoms with Gasteiger partial charge in [0.1, 0.15) is 19.0 Å². The Morgan fingerprint density at radius 1 is 1.05 bits per heavy atom. The molecule has 3 rings (SSSR count). The Bertz CT molecular complexity index is 657. The number of ether oxygens (including phenoxy) is 2. The second-order valence-corrected chi connectivity index (χ2v) is 5.11. The van der Waals surface area contributed by atoms with Crippen molar-refractivity contribution < 1.29 is 13.9 Å². The van der Waals surface area contributed by atoms with Crippen molar-refractivity contribution in [2.45, 2.75) is 13.0 Å². The van der Waals surface area contributed by atoms with E-state index in [0.717, 1.165) is 11.1 Å². The summed E-state index contributed by atoms with van der Waals surface area (Å²) < 4.78 is 25.2. The third kappa shape index (κ3) is 2.72.